The smallest absolute Gasteiger partial charge is 0.231 e. The Bertz CT molecular complexity index is 379. The van der Waals surface area contributed by atoms with Gasteiger partial charge in [0.15, 0.2) is 0 Å². The first-order valence-corrected chi connectivity index (χ1v) is 7.73. The Morgan fingerprint density at radius 2 is 1.90 bits per heavy atom. The largest absolute Gasteiger partial charge is 0.370 e. The molecule has 1 aromatic rings. The van der Waals surface area contributed by atoms with Crippen LogP contribution in [0.1, 0.15) is 71.7 Å². The molecule has 0 saturated heterocycles. The minimum absolute atomic E-state index is 0.0697. The molecule has 0 spiro atoms. The van der Waals surface area contributed by atoms with E-state index in [4.69, 9.17) is 9.26 Å². The average Bonchev–Trinajstić information content (AvgIpc) is 2.85. The molecule has 3 unspecified atom stereocenters. The molecular weight excluding hydrogens is 254 g/mol. The summed E-state index contributed by atoms with van der Waals surface area (Å²) in [6.07, 6.45) is 0.779. The first-order valence-electron chi connectivity index (χ1n) is 7.73. The Balaban J connectivity index is 2.90. The lowest BCUT2D eigenvalue weighted by molar-refractivity contribution is 0.0518. The van der Waals surface area contributed by atoms with Crippen molar-refractivity contribution in [2.24, 2.45) is 5.92 Å². The maximum atomic E-state index is 5.64. The van der Waals surface area contributed by atoms with Crippen LogP contribution in [-0.4, -0.2) is 29.3 Å². The van der Waals surface area contributed by atoms with Gasteiger partial charge < -0.3 is 14.6 Å². The molecule has 0 aliphatic rings. The molecule has 0 aliphatic heterocycles. The van der Waals surface area contributed by atoms with E-state index < -0.39 is 0 Å². The highest BCUT2D eigenvalue weighted by atomic mass is 16.5. The molecule has 0 bridgehead atoms. The van der Waals surface area contributed by atoms with E-state index in [2.05, 4.69) is 50.1 Å². The summed E-state index contributed by atoms with van der Waals surface area (Å²) in [7, 11) is 0. The second kappa shape index (κ2) is 8.37. The lowest BCUT2D eigenvalue weighted by Crippen LogP contribution is -2.34. The number of likely N-dealkylation sites (N-methyl/N-ethyl adjacent to an activating group) is 1. The number of rotatable bonds is 9. The van der Waals surface area contributed by atoms with Gasteiger partial charge in [-0.2, -0.15) is 4.98 Å². The molecule has 0 aromatic carbocycles. The highest BCUT2D eigenvalue weighted by Gasteiger charge is 2.29. The fraction of sp³-hybridized carbons (Fsp3) is 0.867. The molecule has 116 valence electrons. The van der Waals surface area contributed by atoms with E-state index in [9.17, 15) is 0 Å². The van der Waals surface area contributed by atoms with Gasteiger partial charge in [0.05, 0.1) is 5.92 Å². The Labute approximate surface area is 122 Å². The van der Waals surface area contributed by atoms with Crippen LogP contribution < -0.4 is 5.32 Å². The highest BCUT2D eigenvalue weighted by molar-refractivity contribution is 5.01. The number of hydrogen-bond acceptors (Lipinski definition) is 5. The number of nitrogens with zero attached hydrogens (tertiary/aromatic N) is 2. The van der Waals surface area contributed by atoms with Gasteiger partial charge in [0, 0.05) is 12.6 Å². The SMILES string of the molecule is CCNC(C)C(c1nc(C(CC)OCC)no1)C(C)C. The fourth-order valence-corrected chi connectivity index (χ4v) is 2.61. The van der Waals surface area contributed by atoms with Crippen LogP contribution in [-0.2, 0) is 4.74 Å². The van der Waals surface area contributed by atoms with Gasteiger partial charge in [-0.25, -0.2) is 0 Å². The summed E-state index contributed by atoms with van der Waals surface area (Å²) in [5.41, 5.74) is 0. The standard InChI is InChI=1S/C15H29N3O2/c1-7-12(19-9-3)14-17-15(20-18-14)13(10(4)5)11(6)16-8-2/h10-13,16H,7-9H2,1-6H3. The minimum atomic E-state index is -0.0697. The van der Waals surface area contributed by atoms with Gasteiger partial charge in [0.25, 0.3) is 0 Å². The van der Waals surface area contributed by atoms with Crippen molar-refractivity contribution in [2.75, 3.05) is 13.2 Å². The number of nitrogens with one attached hydrogen (secondary N) is 1. The summed E-state index contributed by atoms with van der Waals surface area (Å²) in [4.78, 5) is 4.58. The van der Waals surface area contributed by atoms with E-state index in [0.29, 0.717) is 30.3 Å². The Morgan fingerprint density at radius 1 is 1.20 bits per heavy atom. The normalized spacial score (nSPS) is 16.4. The molecule has 5 nitrogen and oxygen atoms in total. The van der Waals surface area contributed by atoms with E-state index >= 15 is 0 Å². The van der Waals surface area contributed by atoms with Crippen LogP contribution in [0.5, 0.6) is 0 Å². The Hall–Kier alpha value is -0.940. The molecule has 20 heavy (non-hydrogen) atoms. The van der Waals surface area contributed by atoms with Gasteiger partial charge in [0.1, 0.15) is 6.10 Å². The van der Waals surface area contributed by atoms with E-state index in [1.54, 1.807) is 0 Å². The molecule has 1 N–H and O–H groups in total. The molecule has 1 rings (SSSR count). The van der Waals surface area contributed by atoms with Gasteiger partial charge in [-0.05, 0) is 32.7 Å². The van der Waals surface area contributed by atoms with E-state index in [1.807, 2.05) is 6.92 Å². The lowest BCUT2D eigenvalue weighted by Gasteiger charge is -2.24. The monoisotopic (exact) mass is 283 g/mol. The topological polar surface area (TPSA) is 60.2 Å². The Kier molecular flexibility index (Phi) is 7.16. The molecule has 0 radical (unpaired) electrons. The van der Waals surface area contributed by atoms with Crippen LogP contribution >= 0.6 is 0 Å². The molecule has 1 aromatic heterocycles. The maximum absolute atomic E-state index is 5.64. The van der Waals surface area contributed by atoms with Crippen LogP contribution in [0.15, 0.2) is 4.52 Å². The molecule has 0 aliphatic carbocycles. The summed E-state index contributed by atoms with van der Waals surface area (Å²) >= 11 is 0. The predicted molar refractivity (Wildman–Crippen MR) is 79.7 cm³/mol. The van der Waals surface area contributed by atoms with Crippen molar-refractivity contribution in [3.05, 3.63) is 11.7 Å². The quantitative estimate of drug-likeness (QED) is 0.753. The third-order valence-electron chi connectivity index (χ3n) is 3.55. The van der Waals surface area contributed by atoms with Gasteiger partial charge >= 0.3 is 0 Å². The molecule has 1 heterocycles. The summed E-state index contributed by atoms with van der Waals surface area (Å²) in [5, 5.41) is 7.56. The van der Waals surface area contributed by atoms with E-state index in [0.717, 1.165) is 13.0 Å². The van der Waals surface area contributed by atoms with Crippen molar-refractivity contribution < 1.29 is 9.26 Å². The Morgan fingerprint density at radius 3 is 2.40 bits per heavy atom. The third kappa shape index (κ3) is 4.28. The second-order valence-corrected chi connectivity index (χ2v) is 5.46. The van der Waals surface area contributed by atoms with Crippen LogP contribution in [0, 0.1) is 5.92 Å². The molecular formula is C15H29N3O2. The molecule has 0 fully saturated rings. The lowest BCUT2D eigenvalue weighted by atomic mass is 9.89. The fourth-order valence-electron chi connectivity index (χ4n) is 2.61. The van der Waals surface area contributed by atoms with Crippen LogP contribution in [0.3, 0.4) is 0 Å². The van der Waals surface area contributed by atoms with Crippen molar-refractivity contribution in [3.63, 3.8) is 0 Å². The zero-order valence-corrected chi connectivity index (χ0v) is 13.6. The van der Waals surface area contributed by atoms with Crippen LogP contribution in [0.25, 0.3) is 0 Å². The minimum Gasteiger partial charge on any atom is -0.370 e. The highest BCUT2D eigenvalue weighted by Crippen LogP contribution is 2.28. The zero-order valence-electron chi connectivity index (χ0n) is 13.6. The predicted octanol–water partition coefficient (Wildman–Crippen LogP) is 3.29. The van der Waals surface area contributed by atoms with Crippen LogP contribution in [0.2, 0.25) is 0 Å². The number of ether oxygens (including phenoxy) is 1. The number of hydrogen-bond donors (Lipinski definition) is 1. The third-order valence-corrected chi connectivity index (χ3v) is 3.55. The van der Waals surface area contributed by atoms with Gasteiger partial charge in [0.2, 0.25) is 11.7 Å². The molecule has 5 heteroatoms. The first-order chi connectivity index (χ1) is 9.54. The molecule has 3 atom stereocenters. The summed E-state index contributed by atoms with van der Waals surface area (Å²) in [5.74, 6) is 2.03. The second-order valence-electron chi connectivity index (χ2n) is 5.46. The van der Waals surface area contributed by atoms with Crippen molar-refractivity contribution in [1.82, 2.24) is 15.5 Å². The van der Waals surface area contributed by atoms with Crippen LogP contribution in [0.4, 0.5) is 0 Å². The first kappa shape index (κ1) is 17.1. The maximum Gasteiger partial charge on any atom is 0.231 e. The number of aromatic nitrogens is 2. The molecule has 0 amide bonds. The zero-order chi connectivity index (χ0) is 15.1. The van der Waals surface area contributed by atoms with Gasteiger partial charge in [-0.3, -0.25) is 0 Å². The van der Waals surface area contributed by atoms with Crippen molar-refractivity contribution in [2.45, 2.75) is 66.0 Å². The van der Waals surface area contributed by atoms with E-state index in [1.165, 1.54) is 0 Å². The average molecular weight is 283 g/mol. The van der Waals surface area contributed by atoms with Gasteiger partial charge in [-0.15, -0.1) is 0 Å². The summed E-state index contributed by atoms with van der Waals surface area (Å²) < 4.78 is 11.1. The van der Waals surface area contributed by atoms with Gasteiger partial charge in [-0.1, -0.05) is 32.9 Å². The van der Waals surface area contributed by atoms with Crippen molar-refractivity contribution >= 4 is 0 Å². The van der Waals surface area contributed by atoms with Crippen molar-refractivity contribution in [1.29, 1.82) is 0 Å². The molecule has 0 saturated carbocycles. The van der Waals surface area contributed by atoms with E-state index in [-0.39, 0.29) is 12.0 Å². The summed E-state index contributed by atoms with van der Waals surface area (Å²) in [6.45, 7) is 14.3. The summed E-state index contributed by atoms with van der Waals surface area (Å²) in [6, 6.07) is 0.306. The van der Waals surface area contributed by atoms with Crippen molar-refractivity contribution in [3.8, 4) is 0 Å².